The minimum atomic E-state index is -1.80. The van der Waals surface area contributed by atoms with Gasteiger partial charge < -0.3 is 63.2 Å². The molecule has 3 aliphatic heterocycles. The van der Waals surface area contributed by atoms with Crippen LogP contribution in [0.4, 0.5) is 0 Å². The van der Waals surface area contributed by atoms with E-state index in [1.54, 1.807) is 45.0 Å². The third-order valence-electron chi connectivity index (χ3n) is 13.5. The van der Waals surface area contributed by atoms with Gasteiger partial charge >= 0.3 is 11.9 Å². The number of methoxy groups -OCH3 is 2. The first-order valence-electron chi connectivity index (χ1n) is 22.5. The molecule has 15 heteroatoms. The number of nitrogens with zero attached hydrogens (tertiary/aromatic N) is 3. The SMILES string of the molecule is CO[C@@](C[C@@H](C)CN(C)[C@@H](CO)CCCN1CCCC1)(OC(=O)c1ccccc1)[C@H](OC1C[C@@H](N(C)C)C[C@@H](C)O1)[C@@H](C)[C@H](O[C@H]1C[C@@](C)(OC)[C@@H](O)[C@H](C)O1)[C@@H](C)C(=O)O. The van der Waals surface area contributed by atoms with E-state index >= 15 is 0 Å². The summed E-state index contributed by atoms with van der Waals surface area (Å²) in [7, 11) is 9.02. The summed E-state index contributed by atoms with van der Waals surface area (Å²) in [6, 6.07) is 8.69. The Morgan fingerprint density at radius 1 is 1.00 bits per heavy atom. The molecule has 350 valence electrons. The molecule has 3 saturated heterocycles. The van der Waals surface area contributed by atoms with E-state index in [-0.39, 0.29) is 43.6 Å². The predicted molar refractivity (Wildman–Crippen MR) is 231 cm³/mol. The Morgan fingerprint density at radius 2 is 1.67 bits per heavy atom. The second-order valence-corrected chi connectivity index (χ2v) is 18.6. The van der Waals surface area contributed by atoms with Gasteiger partial charge in [-0.3, -0.25) is 4.79 Å². The third kappa shape index (κ3) is 13.9. The molecule has 3 aliphatic rings. The van der Waals surface area contributed by atoms with Crippen molar-refractivity contribution in [2.24, 2.45) is 17.8 Å². The van der Waals surface area contributed by atoms with Gasteiger partial charge in [0.15, 0.2) is 12.6 Å². The molecule has 0 bridgehead atoms. The number of benzene rings is 1. The first-order chi connectivity index (χ1) is 28.9. The van der Waals surface area contributed by atoms with Crippen LogP contribution in [0.25, 0.3) is 0 Å². The molecule has 3 N–H and O–H groups in total. The molecule has 4 rings (SSSR count). The number of carbonyl (C=O) groups excluding carboxylic acids is 1. The molecule has 1 aromatic rings. The summed E-state index contributed by atoms with van der Waals surface area (Å²) in [6.07, 6.45) is 0.0340. The average Bonchev–Trinajstić information content (AvgIpc) is 3.75. The molecule has 0 aromatic heterocycles. The van der Waals surface area contributed by atoms with E-state index in [0.717, 1.165) is 38.9 Å². The zero-order valence-electron chi connectivity index (χ0n) is 38.9. The molecule has 0 saturated carbocycles. The molecule has 0 aliphatic carbocycles. The number of esters is 1. The molecule has 61 heavy (non-hydrogen) atoms. The van der Waals surface area contributed by atoms with Crippen LogP contribution >= 0.6 is 0 Å². The van der Waals surface area contributed by atoms with Crippen LogP contribution in [0.2, 0.25) is 0 Å². The molecule has 1 unspecified atom stereocenters. The number of carbonyl (C=O) groups is 2. The normalized spacial score (nSPS) is 30.3. The number of hydrogen-bond acceptors (Lipinski definition) is 14. The fraction of sp³-hybridized carbons (Fsp3) is 0.826. The minimum absolute atomic E-state index is 0.00173. The molecule has 14 atom stereocenters. The standard InChI is InChI=1S/C46H79N3O12/c1-30(28-48(9)36(29-50)20-17-23-49-21-15-16-22-49)26-46(56-11,61-44(54)35-18-13-12-14-19-35)42(60-38-25-37(47(7)8)24-31(2)57-38)32(3)40(33(4)43(52)53)59-39-27-45(6,55-10)41(51)34(5)58-39/h12-14,18-19,30-34,36-42,50-51H,15-17,20-29H2,1-11H3,(H,52,53)/t30-,31-,32+,33-,34+,36-,37+,38?,39+,40+,41+,42-,45-,46+/m1/s1. The lowest BCUT2D eigenvalue weighted by atomic mass is 9.81. The van der Waals surface area contributed by atoms with Crippen molar-refractivity contribution in [3.8, 4) is 0 Å². The molecular formula is C46H79N3O12. The predicted octanol–water partition coefficient (Wildman–Crippen LogP) is 4.86. The zero-order valence-corrected chi connectivity index (χ0v) is 38.9. The summed E-state index contributed by atoms with van der Waals surface area (Å²) in [6.45, 7) is 14.7. The maximum atomic E-state index is 14.3. The van der Waals surface area contributed by atoms with Crippen LogP contribution in [0.15, 0.2) is 30.3 Å². The van der Waals surface area contributed by atoms with Gasteiger partial charge in [-0.25, -0.2) is 4.79 Å². The first kappa shape index (κ1) is 51.4. The molecule has 1 aromatic carbocycles. The molecular weight excluding hydrogens is 787 g/mol. The van der Waals surface area contributed by atoms with Crippen molar-refractivity contribution in [3.63, 3.8) is 0 Å². The van der Waals surface area contributed by atoms with Gasteiger partial charge in [-0.15, -0.1) is 0 Å². The first-order valence-corrected chi connectivity index (χ1v) is 22.5. The Labute approximate surface area is 365 Å². The van der Waals surface area contributed by atoms with Crippen LogP contribution in [0.1, 0.15) is 103 Å². The number of ether oxygens (including phenoxy) is 7. The lowest BCUT2D eigenvalue weighted by molar-refractivity contribution is -0.336. The van der Waals surface area contributed by atoms with Crippen LogP contribution in [0, 0.1) is 17.8 Å². The van der Waals surface area contributed by atoms with Gasteiger partial charge in [0, 0.05) is 58.0 Å². The van der Waals surface area contributed by atoms with E-state index in [1.807, 2.05) is 48.0 Å². The average molecular weight is 866 g/mol. The Balaban J connectivity index is 1.77. The van der Waals surface area contributed by atoms with Crippen molar-refractivity contribution in [1.29, 1.82) is 0 Å². The van der Waals surface area contributed by atoms with Gasteiger partial charge in [0.2, 0.25) is 5.79 Å². The van der Waals surface area contributed by atoms with E-state index in [1.165, 1.54) is 27.1 Å². The van der Waals surface area contributed by atoms with Crippen LogP contribution < -0.4 is 0 Å². The highest BCUT2D eigenvalue weighted by Crippen LogP contribution is 2.41. The highest BCUT2D eigenvalue weighted by Gasteiger charge is 2.54. The van der Waals surface area contributed by atoms with Gasteiger partial charge in [-0.2, -0.15) is 0 Å². The summed E-state index contributed by atoms with van der Waals surface area (Å²) < 4.78 is 45.3. The van der Waals surface area contributed by atoms with Crippen molar-refractivity contribution in [2.75, 3.05) is 68.1 Å². The maximum absolute atomic E-state index is 14.3. The molecule has 0 amide bonds. The minimum Gasteiger partial charge on any atom is -0.481 e. The Hall–Kier alpha value is -2.28. The van der Waals surface area contributed by atoms with Crippen molar-refractivity contribution < 1.29 is 58.1 Å². The summed E-state index contributed by atoms with van der Waals surface area (Å²) in [5, 5.41) is 32.1. The largest absolute Gasteiger partial charge is 0.481 e. The van der Waals surface area contributed by atoms with Crippen molar-refractivity contribution in [2.45, 2.75) is 159 Å². The number of rotatable bonds is 24. The Bertz CT molecular complexity index is 1470. The number of likely N-dealkylation sites (tertiary alicyclic amines) is 1. The number of likely N-dealkylation sites (N-methyl/N-ethyl adjacent to an activating group) is 1. The Kier molecular flexibility index (Phi) is 19.9. The maximum Gasteiger partial charge on any atom is 0.340 e. The van der Waals surface area contributed by atoms with Crippen molar-refractivity contribution in [3.05, 3.63) is 35.9 Å². The summed E-state index contributed by atoms with van der Waals surface area (Å²) in [5.41, 5.74) is -0.725. The number of aliphatic hydroxyl groups is 2. The monoisotopic (exact) mass is 866 g/mol. The lowest BCUT2D eigenvalue weighted by Crippen LogP contribution is -2.60. The van der Waals surface area contributed by atoms with E-state index < -0.39 is 72.2 Å². The number of aliphatic hydroxyl groups excluding tert-OH is 2. The highest BCUT2D eigenvalue weighted by atomic mass is 16.8. The highest BCUT2D eigenvalue weighted by molar-refractivity contribution is 5.89. The van der Waals surface area contributed by atoms with Crippen molar-refractivity contribution >= 4 is 11.9 Å². The zero-order chi connectivity index (χ0) is 45.1. The second-order valence-electron chi connectivity index (χ2n) is 18.6. The molecule has 0 radical (unpaired) electrons. The van der Waals surface area contributed by atoms with Crippen LogP contribution in [-0.2, 0) is 38.0 Å². The number of aliphatic carboxylic acids is 1. The van der Waals surface area contributed by atoms with Gasteiger partial charge in [-0.05, 0) is 119 Å². The van der Waals surface area contributed by atoms with Crippen LogP contribution in [0.5, 0.6) is 0 Å². The van der Waals surface area contributed by atoms with Gasteiger partial charge in [0.1, 0.15) is 12.2 Å². The lowest BCUT2D eigenvalue weighted by Gasteiger charge is -2.49. The van der Waals surface area contributed by atoms with E-state index in [4.69, 9.17) is 33.2 Å². The van der Waals surface area contributed by atoms with E-state index in [9.17, 15) is 24.9 Å². The number of carboxylic acids is 1. The molecule has 3 heterocycles. The number of carboxylic acid groups (broad SMARTS) is 1. The van der Waals surface area contributed by atoms with Gasteiger partial charge in [0.25, 0.3) is 0 Å². The fourth-order valence-electron chi connectivity index (χ4n) is 9.60. The summed E-state index contributed by atoms with van der Waals surface area (Å²) in [4.78, 5) is 34.0. The van der Waals surface area contributed by atoms with Crippen molar-refractivity contribution in [1.82, 2.24) is 14.7 Å². The number of hydrogen-bond donors (Lipinski definition) is 3. The second kappa shape index (κ2) is 23.6. The molecule has 3 fully saturated rings. The summed E-state index contributed by atoms with van der Waals surface area (Å²) >= 11 is 0. The molecule has 15 nitrogen and oxygen atoms in total. The fourth-order valence-corrected chi connectivity index (χ4v) is 9.60. The Morgan fingerprint density at radius 3 is 2.26 bits per heavy atom. The van der Waals surface area contributed by atoms with Gasteiger partial charge in [-0.1, -0.05) is 32.0 Å². The third-order valence-corrected chi connectivity index (χ3v) is 13.5. The smallest absolute Gasteiger partial charge is 0.340 e. The topological polar surface area (TPSA) is 169 Å². The summed E-state index contributed by atoms with van der Waals surface area (Å²) in [5.74, 6) is -5.66. The van der Waals surface area contributed by atoms with E-state index in [2.05, 4.69) is 14.7 Å². The quantitative estimate of drug-likeness (QED) is 0.0951. The van der Waals surface area contributed by atoms with E-state index in [0.29, 0.717) is 18.5 Å². The van der Waals surface area contributed by atoms with Gasteiger partial charge in [0.05, 0.1) is 42.0 Å². The molecule has 0 spiro atoms. The van der Waals surface area contributed by atoms with Crippen LogP contribution in [-0.4, -0.2) is 177 Å². The van der Waals surface area contributed by atoms with Crippen LogP contribution in [0.3, 0.4) is 0 Å².